The molecule has 1 aliphatic heterocycles. The summed E-state index contributed by atoms with van der Waals surface area (Å²) in [7, 11) is 0. The molecule has 0 spiro atoms. The number of nitrogens with zero attached hydrogens (tertiary/aromatic N) is 1. The molecule has 29 heavy (non-hydrogen) atoms. The number of carbonyl (C=O) groups is 1. The van der Waals surface area contributed by atoms with Crippen molar-refractivity contribution in [2.75, 3.05) is 25.4 Å². The quantitative estimate of drug-likeness (QED) is 0.590. The van der Waals surface area contributed by atoms with Gasteiger partial charge in [0.15, 0.2) is 0 Å². The summed E-state index contributed by atoms with van der Waals surface area (Å²) in [5.74, 6) is 1.62. The van der Waals surface area contributed by atoms with Gasteiger partial charge in [0.2, 0.25) is 5.91 Å². The van der Waals surface area contributed by atoms with Crippen molar-refractivity contribution in [1.29, 1.82) is 0 Å². The van der Waals surface area contributed by atoms with Gasteiger partial charge in [0, 0.05) is 41.7 Å². The molecule has 1 fully saturated rings. The van der Waals surface area contributed by atoms with E-state index in [0.29, 0.717) is 30.2 Å². The molecule has 1 N–H and O–H groups in total. The fourth-order valence-corrected chi connectivity index (χ4v) is 4.73. The van der Waals surface area contributed by atoms with Crippen LogP contribution >= 0.6 is 23.4 Å². The van der Waals surface area contributed by atoms with Crippen LogP contribution in [0.5, 0.6) is 0 Å². The van der Waals surface area contributed by atoms with Gasteiger partial charge in [-0.1, -0.05) is 47.5 Å². The largest absolute Gasteiger partial charge is 0.355 e. The molecule has 1 aliphatic rings. The number of carbonyl (C=O) groups excluding carboxylic acids is 1. The molecular weight excluding hydrogens is 407 g/mol. The zero-order chi connectivity index (χ0) is 20.6. The molecule has 6 heteroatoms. The summed E-state index contributed by atoms with van der Waals surface area (Å²) in [6.45, 7) is 4.72. The fourth-order valence-electron chi connectivity index (χ4n) is 3.70. The van der Waals surface area contributed by atoms with Gasteiger partial charge in [-0.05, 0) is 44.0 Å². The van der Waals surface area contributed by atoms with Crippen molar-refractivity contribution in [3.8, 4) is 0 Å². The van der Waals surface area contributed by atoms with Gasteiger partial charge in [-0.2, -0.15) is 11.8 Å². The number of aryl methyl sites for hydroxylation is 1. The Morgan fingerprint density at radius 1 is 1.31 bits per heavy atom. The number of nitrogens with one attached hydrogen (secondary N) is 1. The molecule has 0 aromatic heterocycles. The van der Waals surface area contributed by atoms with Gasteiger partial charge in [-0.15, -0.1) is 0 Å². The monoisotopic (exact) mass is 434 g/mol. The Labute approximate surface area is 182 Å². The second-order valence-electron chi connectivity index (χ2n) is 7.61. The van der Waals surface area contributed by atoms with Gasteiger partial charge in [-0.3, -0.25) is 9.69 Å². The summed E-state index contributed by atoms with van der Waals surface area (Å²) in [6.07, 6.45) is 1.82. The molecule has 0 bridgehead atoms. The van der Waals surface area contributed by atoms with E-state index in [2.05, 4.69) is 41.4 Å². The molecule has 1 unspecified atom stereocenters. The number of hydrogen-bond acceptors (Lipinski definition) is 3. The number of hydrogen-bond donors (Lipinski definition) is 1. The number of rotatable bonds is 8. The molecule has 0 saturated carbocycles. The maximum atomic E-state index is 14.1. The van der Waals surface area contributed by atoms with Crippen LogP contribution in [0.25, 0.3) is 0 Å². The number of benzene rings is 2. The van der Waals surface area contributed by atoms with Crippen LogP contribution in [0.15, 0.2) is 42.5 Å². The number of halogens is 2. The van der Waals surface area contributed by atoms with E-state index in [4.69, 9.17) is 11.6 Å². The minimum absolute atomic E-state index is 0.0453. The molecule has 3 nitrogen and oxygen atoms in total. The smallest absolute Gasteiger partial charge is 0.224 e. The van der Waals surface area contributed by atoms with Crippen LogP contribution in [-0.2, 0) is 17.1 Å². The van der Waals surface area contributed by atoms with Crippen LogP contribution in [0.1, 0.15) is 29.5 Å². The van der Waals surface area contributed by atoms with Gasteiger partial charge in [0.1, 0.15) is 5.82 Å². The summed E-state index contributed by atoms with van der Waals surface area (Å²) >= 11 is 7.98. The Hall–Kier alpha value is -1.56. The normalized spacial score (nSPS) is 17.3. The Balaban J connectivity index is 1.40. The highest BCUT2D eigenvalue weighted by atomic mass is 35.5. The molecule has 2 aromatic carbocycles. The molecule has 1 saturated heterocycles. The fraction of sp³-hybridized carbons (Fsp3) is 0.435. The van der Waals surface area contributed by atoms with Gasteiger partial charge in [0.25, 0.3) is 0 Å². The van der Waals surface area contributed by atoms with Gasteiger partial charge >= 0.3 is 0 Å². The van der Waals surface area contributed by atoms with Gasteiger partial charge in [0.05, 0.1) is 5.92 Å². The van der Waals surface area contributed by atoms with E-state index in [1.54, 1.807) is 12.1 Å². The first-order valence-electron chi connectivity index (χ1n) is 10.1. The first-order valence-corrected chi connectivity index (χ1v) is 11.6. The number of thioether (sulfide) groups is 1. The zero-order valence-corrected chi connectivity index (χ0v) is 18.4. The molecule has 2 aromatic rings. The first kappa shape index (κ1) is 22.1. The van der Waals surface area contributed by atoms with Crippen molar-refractivity contribution in [2.45, 2.75) is 32.1 Å². The first-order chi connectivity index (χ1) is 14.0. The molecule has 1 amide bonds. The van der Waals surface area contributed by atoms with E-state index >= 15 is 0 Å². The van der Waals surface area contributed by atoms with Gasteiger partial charge < -0.3 is 5.32 Å². The summed E-state index contributed by atoms with van der Waals surface area (Å²) in [5.41, 5.74) is 3.11. The standard InChI is InChI=1S/C23H28ClFN2OS/c1-17-5-2-6-18(13-17)16-29-12-10-26-23(28)19-7-4-11-27(14-19)15-20-21(24)8-3-9-22(20)25/h2-3,5-6,8-9,13,19H,4,7,10-12,14-16H2,1H3,(H,26,28). The van der Waals surface area contributed by atoms with E-state index < -0.39 is 0 Å². The van der Waals surface area contributed by atoms with E-state index in [9.17, 15) is 9.18 Å². The predicted octanol–water partition coefficient (Wildman–Crippen LogP) is 5.05. The Kier molecular flexibility index (Phi) is 8.40. The molecule has 1 atom stereocenters. The highest BCUT2D eigenvalue weighted by molar-refractivity contribution is 7.98. The van der Waals surface area contributed by atoms with E-state index in [1.807, 2.05) is 11.8 Å². The minimum atomic E-state index is -0.283. The predicted molar refractivity (Wildman–Crippen MR) is 120 cm³/mol. The molecule has 1 heterocycles. The molecule has 156 valence electrons. The van der Waals surface area contributed by atoms with E-state index in [0.717, 1.165) is 30.9 Å². The molecular formula is C23H28ClFN2OS. The van der Waals surface area contributed by atoms with E-state index in [1.165, 1.54) is 17.2 Å². The minimum Gasteiger partial charge on any atom is -0.355 e. The summed E-state index contributed by atoms with van der Waals surface area (Å²) in [5, 5.41) is 3.52. The maximum Gasteiger partial charge on any atom is 0.224 e. The number of piperidine rings is 1. The Bertz CT molecular complexity index is 812. The second-order valence-corrected chi connectivity index (χ2v) is 9.12. The molecule has 0 aliphatic carbocycles. The van der Waals surface area contributed by atoms with Crippen molar-refractivity contribution >= 4 is 29.3 Å². The highest BCUT2D eigenvalue weighted by Gasteiger charge is 2.26. The maximum absolute atomic E-state index is 14.1. The van der Waals surface area contributed by atoms with Crippen LogP contribution in [-0.4, -0.2) is 36.2 Å². The van der Waals surface area contributed by atoms with Crippen molar-refractivity contribution < 1.29 is 9.18 Å². The topological polar surface area (TPSA) is 32.3 Å². The van der Waals surface area contributed by atoms with Gasteiger partial charge in [-0.25, -0.2) is 4.39 Å². The lowest BCUT2D eigenvalue weighted by Gasteiger charge is -2.32. The zero-order valence-electron chi connectivity index (χ0n) is 16.8. The average Bonchev–Trinajstić information content (AvgIpc) is 2.71. The number of amides is 1. The SMILES string of the molecule is Cc1cccc(CSCCNC(=O)C2CCCN(Cc3c(F)cccc3Cl)C2)c1. The van der Waals surface area contributed by atoms with E-state index in [-0.39, 0.29) is 17.6 Å². The second kappa shape index (κ2) is 11.0. The lowest BCUT2D eigenvalue weighted by atomic mass is 9.96. The van der Waals surface area contributed by atoms with Crippen LogP contribution < -0.4 is 5.32 Å². The van der Waals surface area contributed by atoms with Crippen LogP contribution in [0.3, 0.4) is 0 Å². The third-order valence-corrected chi connectivity index (χ3v) is 6.60. The van der Waals surface area contributed by atoms with Crippen molar-refractivity contribution in [2.24, 2.45) is 5.92 Å². The summed E-state index contributed by atoms with van der Waals surface area (Å²) in [4.78, 5) is 14.7. The number of likely N-dealkylation sites (tertiary alicyclic amines) is 1. The summed E-state index contributed by atoms with van der Waals surface area (Å²) in [6, 6.07) is 13.3. The third-order valence-electron chi connectivity index (χ3n) is 5.22. The molecule has 0 radical (unpaired) electrons. The average molecular weight is 435 g/mol. The summed E-state index contributed by atoms with van der Waals surface area (Å²) < 4.78 is 14.1. The lowest BCUT2D eigenvalue weighted by molar-refractivity contribution is -0.126. The Morgan fingerprint density at radius 3 is 2.93 bits per heavy atom. The third kappa shape index (κ3) is 6.73. The van der Waals surface area contributed by atoms with Crippen molar-refractivity contribution in [3.05, 3.63) is 70.0 Å². The molecule has 3 rings (SSSR count). The lowest BCUT2D eigenvalue weighted by Crippen LogP contribution is -2.43. The van der Waals surface area contributed by atoms with Crippen LogP contribution in [0.2, 0.25) is 5.02 Å². The van der Waals surface area contributed by atoms with Crippen molar-refractivity contribution in [3.63, 3.8) is 0 Å². The van der Waals surface area contributed by atoms with Crippen LogP contribution in [0, 0.1) is 18.7 Å². The Morgan fingerprint density at radius 2 is 2.14 bits per heavy atom. The van der Waals surface area contributed by atoms with Crippen molar-refractivity contribution in [1.82, 2.24) is 10.2 Å². The van der Waals surface area contributed by atoms with Crippen LogP contribution in [0.4, 0.5) is 4.39 Å². The highest BCUT2D eigenvalue weighted by Crippen LogP contribution is 2.24.